The summed E-state index contributed by atoms with van der Waals surface area (Å²) in [6.45, 7) is 3.08. The highest BCUT2D eigenvalue weighted by Gasteiger charge is 2.27. The maximum Gasteiger partial charge on any atom is 0.335 e. The normalized spacial score (nSPS) is 11.4. The van der Waals surface area contributed by atoms with E-state index in [0.717, 1.165) is 16.4 Å². The smallest absolute Gasteiger partial charge is 0.335 e. The van der Waals surface area contributed by atoms with Crippen molar-refractivity contribution in [2.24, 2.45) is 0 Å². The molecular weight excluding hydrogens is 297 g/mol. The maximum atomic E-state index is 13.8. The van der Waals surface area contributed by atoms with Gasteiger partial charge < -0.3 is 5.11 Å². The third-order valence-corrected chi connectivity index (χ3v) is 4.87. The number of carbonyl (C=O) groups is 1. The molecule has 21 heavy (non-hydrogen) atoms. The van der Waals surface area contributed by atoms with Crippen LogP contribution in [0.3, 0.4) is 0 Å². The van der Waals surface area contributed by atoms with Crippen molar-refractivity contribution in [1.82, 2.24) is 4.31 Å². The molecule has 1 aromatic carbocycles. The first kappa shape index (κ1) is 17.1. The van der Waals surface area contributed by atoms with Gasteiger partial charge in [-0.1, -0.05) is 12.8 Å². The van der Waals surface area contributed by atoms with Crippen molar-refractivity contribution in [3.05, 3.63) is 29.1 Å². The first-order valence-corrected chi connectivity index (χ1v) is 7.66. The molecule has 0 spiro atoms. The molecular formula is C14H16FNO4S. The van der Waals surface area contributed by atoms with Crippen molar-refractivity contribution >= 4 is 16.0 Å². The van der Waals surface area contributed by atoms with Gasteiger partial charge in [0.15, 0.2) is 0 Å². The van der Waals surface area contributed by atoms with E-state index in [4.69, 9.17) is 11.5 Å². The highest BCUT2D eigenvalue weighted by molar-refractivity contribution is 7.89. The van der Waals surface area contributed by atoms with Crippen molar-refractivity contribution in [3.8, 4) is 12.3 Å². The fraction of sp³-hybridized carbons (Fsp3) is 0.357. The standard InChI is InChI=1S/C14H16FNO4S/c1-4-6-16(7-5-2)21(19,20)13-9-11(14(17)18)8-12(15)10(13)3/h1,8-9H,5-7H2,2-3H3,(H,17,18). The van der Waals surface area contributed by atoms with Gasteiger partial charge in [0.25, 0.3) is 0 Å². The molecule has 0 aliphatic carbocycles. The van der Waals surface area contributed by atoms with Gasteiger partial charge >= 0.3 is 5.97 Å². The van der Waals surface area contributed by atoms with Crippen molar-refractivity contribution in [2.45, 2.75) is 25.2 Å². The molecule has 0 amide bonds. The number of hydrogen-bond donors (Lipinski definition) is 1. The lowest BCUT2D eigenvalue weighted by Gasteiger charge is -2.20. The quantitative estimate of drug-likeness (QED) is 0.814. The fourth-order valence-corrected chi connectivity index (χ4v) is 3.53. The topological polar surface area (TPSA) is 74.7 Å². The van der Waals surface area contributed by atoms with Crippen LogP contribution in [-0.4, -0.2) is 36.9 Å². The molecule has 0 atom stereocenters. The van der Waals surface area contributed by atoms with E-state index in [1.54, 1.807) is 6.92 Å². The van der Waals surface area contributed by atoms with Crippen LogP contribution in [0.4, 0.5) is 4.39 Å². The zero-order valence-electron chi connectivity index (χ0n) is 11.8. The number of hydrogen-bond acceptors (Lipinski definition) is 3. The monoisotopic (exact) mass is 313 g/mol. The summed E-state index contributed by atoms with van der Waals surface area (Å²) in [5, 5.41) is 8.93. The molecule has 0 saturated carbocycles. The number of aromatic carboxylic acids is 1. The Morgan fingerprint density at radius 3 is 2.57 bits per heavy atom. The minimum absolute atomic E-state index is 0.127. The first-order valence-electron chi connectivity index (χ1n) is 6.22. The minimum atomic E-state index is -4.05. The number of halogens is 1. The Labute approximate surface area is 123 Å². The molecule has 7 heteroatoms. The Morgan fingerprint density at radius 2 is 2.10 bits per heavy atom. The molecule has 0 heterocycles. The number of rotatable bonds is 6. The second-order valence-corrected chi connectivity index (χ2v) is 6.34. The molecule has 0 aliphatic rings. The summed E-state index contributed by atoms with van der Waals surface area (Å²) in [5.41, 5.74) is -0.549. The van der Waals surface area contributed by atoms with E-state index >= 15 is 0 Å². The average molecular weight is 313 g/mol. The molecule has 0 bridgehead atoms. The van der Waals surface area contributed by atoms with E-state index in [1.165, 1.54) is 6.92 Å². The molecule has 0 unspecified atom stereocenters. The summed E-state index contributed by atoms with van der Waals surface area (Å²) in [4.78, 5) is 10.6. The van der Waals surface area contributed by atoms with Crippen molar-refractivity contribution < 1.29 is 22.7 Å². The Morgan fingerprint density at radius 1 is 1.48 bits per heavy atom. The van der Waals surface area contributed by atoms with Crippen LogP contribution in [0.5, 0.6) is 0 Å². The van der Waals surface area contributed by atoms with Crippen LogP contribution < -0.4 is 0 Å². The molecule has 0 radical (unpaired) electrons. The summed E-state index contributed by atoms with van der Waals surface area (Å²) in [6.07, 6.45) is 5.69. The van der Waals surface area contributed by atoms with Gasteiger partial charge in [-0.15, -0.1) is 6.42 Å². The van der Waals surface area contributed by atoms with Gasteiger partial charge in [0, 0.05) is 12.1 Å². The van der Waals surface area contributed by atoms with Gasteiger partial charge in [0.05, 0.1) is 17.0 Å². The van der Waals surface area contributed by atoms with Gasteiger partial charge in [0.1, 0.15) is 5.82 Å². The van der Waals surface area contributed by atoms with E-state index in [0.29, 0.717) is 6.42 Å². The average Bonchev–Trinajstić information content (AvgIpc) is 2.40. The number of terminal acetylenes is 1. The Balaban J connectivity index is 3.49. The van der Waals surface area contributed by atoms with Gasteiger partial charge in [-0.25, -0.2) is 17.6 Å². The van der Waals surface area contributed by atoms with Crippen molar-refractivity contribution in [3.63, 3.8) is 0 Å². The van der Waals surface area contributed by atoms with Crippen LogP contribution >= 0.6 is 0 Å². The van der Waals surface area contributed by atoms with Crippen LogP contribution in [0.2, 0.25) is 0 Å². The third-order valence-electron chi connectivity index (χ3n) is 2.90. The van der Waals surface area contributed by atoms with Crippen LogP contribution in [0.15, 0.2) is 17.0 Å². The maximum absolute atomic E-state index is 13.8. The van der Waals surface area contributed by atoms with Crippen LogP contribution in [-0.2, 0) is 10.0 Å². The lowest BCUT2D eigenvalue weighted by Crippen LogP contribution is -2.33. The van der Waals surface area contributed by atoms with E-state index in [1.807, 2.05) is 0 Å². The molecule has 1 rings (SSSR count). The molecule has 5 nitrogen and oxygen atoms in total. The minimum Gasteiger partial charge on any atom is -0.478 e. The summed E-state index contributed by atoms with van der Waals surface area (Å²) in [5.74, 6) is -0.0458. The van der Waals surface area contributed by atoms with E-state index in [9.17, 15) is 17.6 Å². The van der Waals surface area contributed by atoms with Crippen LogP contribution in [0, 0.1) is 25.1 Å². The van der Waals surface area contributed by atoms with Crippen LogP contribution in [0.1, 0.15) is 29.3 Å². The van der Waals surface area contributed by atoms with Gasteiger partial charge in [-0.05, 0) is 25.5 Å². The van der Waals surface area contributed by atoms with Crippen LogP contribution in [0.25, 0.3) is 0 Å². The third kappa shape index (κ3) is 3.60. The van der Waals surface area contributed by atoms with Gasteiger partial charge in [-0.2, -0.15) is 4.31 Å². The highest BCUT2D eigenvalue weighted by atomic mass is 32.2. The van der Waals surface area contributed by atoms with E-state index in [2.05, 4.69) is 5.92 Å². The fourth-order valence-electron chi connectivity index (χ4n) is 1.82. The predicted octanol–water partition coefficient (Wildman–Crippen LogP) is 1.87. The predicted molar refractivity (Wildman–Crippen MR) is 76.0 cm³/mol. The summed E-state index contributed by atoms with van der Waals surface area (Å²) in [7, 11) is -4.05. The molecule has 0 fully saturated rings. The largest absolute Gasteiger partial charge is 0.478 e. The first-order chi connectivity index (χ1) is 9.75. The number of carboxylic acids is 1. The second-order valence-electron chi connectivity index (χ2n) is 4.43. The SMILES string of the molecule is C#CCN(CCC)S(=O)(=O)c1cc(C(=O)O)cc(F)c1C. The molecule has 0 aliphatic heterocycles. The summed E-state index contributed by atoms with van der Waals surface area (Å²) >= 11 is 0. The number of nitrogens with zero attached hydrogens (tertiary/aromatic N) is 1. The summed E-state index contributed by atoms with van der Waals surface area (Å²) < 4.78 is 39.9. The summed E-state index contributed by atoms with van der Waals surface area (Å²) in [6, 6.07) is 1.75. The highest BCUT2D eigenvalue weighted by Crippen LogP contribution is 2.24. The van der Waals surface area contributed by atoms with Crippen molar-refractivity contribution in [2.75, 3.05) is 13.1 Å². The van der Waals surface area contributed by atoms with Crippen molar-refractivity contribution in [1.29, 1.82) is 0 Å². The zero-order chi connectivity index (χ0) is 16.2. The van der Waals surface area contributed by atoms with E-state index < -0.39 is 27.4 Å². The number of benzene rings is 1. The Hall–Kier alpha value is -1.91. The second kappa shape index (κ2) is 6.70. The zero-order valence-corrected chi connectivity index (χ0v) is 12.6. The van der Waals surface area contributed by atoms with E-state index in [-0.39, 0.29) is 23.5 Å². The van der Waals surface area contributed by atoms with Gasteiger partial charge in [0.2, 0.25) is 10.0 Å². The molecule has 1 aromatic rings. The Bertz CT molecular complexity index is 692. The Kier molecular flexibility index (Phi) is 5.47. The molecule has 0 aromatic heterocycles. The lowest BCUT2D eigenvalue weighted by molar-refractivity contribution is 0.0696. The van der Waals surface area contributed by atoms with Gasteiger partial charge in [-0.3, -0.25) is 0 Å². The number of carboxylic acid groups (broad SMARTS) is 1. The lowest BCUT2D eigenvalue weighted by atomic mass is 10.1. The molecule has 114 valence electrons. The molecule has 1 N–H and O–H groups in total. The number of sulfonamides is 1. The molecule has 0 saturated heterocycles.